The first-order valence-electron chi connectivity index (χ1n) is 11.3. The van der Waals surface area contributed by atoms with Crippen LogP contribution in [-0.4, -0.2) is 32.7 Å². The first kappa shape index (κ1) is 20.2. The van der Waals surface area contributed by atoms with E-state index in [9.17, 15) is 4.79 Å². The van der Waals surface area contributed by atoms with Gasteiger partial charge in [0.05, 0.1) is 25.7 Å². The molecule has 6 heteroatoms. The van der Waals surface area contributed by atoms with Crippen LogP contribution in [0.25, 0.3) is 0 Å². The van der Waals surface area contributed by atoms with Gasteiger partial charge in [0.1, 0.15) is 35.7 Å². The Hall–Kier alpha value is -3.41. The maximum absolute atomic E-state index is 13.8. The highest BCUT2D eigenvalue weighted by molar-refractivity contribution is 6.05. The minimum absolute atomic E-state index is 0.0571. The number of fused-ring (bicyclic) bond motifs is 7. The van der Waals surface area contributed by atoms with Crippen LogP contribution in [0.5, 0.6) is 23.0 Å². The van der Waals surface area contributed by atoms with E-state index in [0.717, 1.165) is 28.2 Å². The Morgan fingerprint density at radius 2 is 1.79 bits per heavy atom. The van der Waals surface area contributed by atoms with Crippen molar-refractivity contribution in [1.29, 1.82) is 0 Å². The summed E-state index contributed by atoms with van der Waals surface area (Å²) in [4.78, 5) is 13.8. The molecule has 3 heterocycles. The van der Waals surface area contributed by atoms with Crippen molar-refractivity contribution in [3.05, 3.63) is 69.7 Å². The minimum atomic E-state index is -0.445. The van der Waals surface area contributed by atoms with E-state index >= 15 is 0 Å². The zero-order chi connectivity index (χ0) is 22.9. The van der Waals surface area contributed by atoms with E-state index in [1.165, 1.54) is 5.56 Å². The molecule has 0 amide bonds. The van der Waals surface area contributed by atoms with Gasteiger partial charge < -0.3 is 23.4 Å². The third-order valence-corrected chi connectivity index (χ3v) is 7.00. The molecule has 0 N–H and O–H groups in total. The average Bonchev–Trinajstić information content (AvgIpc) is 3.25. The van der Waals surface area contributed by atoms with Crippen LogP contribution < -0.4 is 18.9 Å². The zero-order valence-electron chi connectivity index (χ0n) is 19.2. The predicted octanol–water partition coefficient (Wildman–Crippen LogP) is 5.04. The summed E-state index contributed by atoms with van der Waals surface area (Å²) in [5.74, 6) is 4.44. The Morgan fingerprint density at radius 1 is 1.00 bits per heavy atom. The second kappa shape index (κ2) is 7.30. The van der Waals surface area contributed by atoms with Crippen molar-refractivity contribution in [1.82, 2.24) is 0 Å². The lowest BCUT2D eigenvalue weighted by molar-refractivity contribution is 0.0553. The van der Waals surface area contributed by atoms with Crippen molar-refractivity contribution >= 4 is 5.78 Å². The second-order valence-corrected chi connectivity index (χ2v) is 9.24. The zero-order valence-corrected chi connectivity index (χ0v) is 19.2. The van der Waals surface area contributed by atoms with E-state index < -0.39 is 5.92 Å². The Balaban J connectivity index is 1.41. The number of methoxy groups -OCH3 is 2. The Bertz CT molecular complexity index is 1280. The summed E-state index contributed by atoms with van der Waals surface area (Å²) in [6.07, 6.45) is 1.03. The lowest BCUT2D eigenvalue weighted by atomic mass is 9.79. The van der Waals surface area contributed by atoms with E-state index in [1.54, 1.807) is 20.3 Å². The van der Waals surface area contributed by atoms with Crippen molar-refractivity contribution in [2.24, 2.45) is 0 Å². The smallest absolute Gasteiger partial charge is 0.178 e. The number of carbonyl (C=O) groups is 1. The molecule has 0 saturated heterocycles. The highest BCUT2D eigenvalue weighted by Gasteiger charge is 2.45. The molecule has 2 aromatic carbocycles. The van der Waals surface area contributed by atoms with E-state index in [1.807, 2.05) is 18.2 Å². The molecule has 170 valence electrons. The second-order valence-electron chi connectivity index (χ2n) is 9.24. The van der Waals surface area contributed by atoms with E-state index in [2.05, 4.69) is 19.9 Å². The average molecular weight is 446 g/mol. The molecule has 1 aliphatic carbocycles. The summed E-state index contributed by atoms with van der Waals surface area (Å²) in [6.45, 7) is 4.57. The van der Waals surface area contributed by atoms with Gasteiger partial charge in [0.25, 0.3) is 0 Å². The van der Waals surface area contributed by atoms with E-state index in [-0.39, 0.29) is 11.9 Å². The van der Waals surface area contributed by atoms with Crippen LogP contribution in [0.3, 0.4) is 0 Å². The fourth-order valence-electron chi connectivity index (χ4n) is 5.24. The number of Topliss-reactive ketones (excluding diaryl/α,β-unsaturated/α-hetero) is 1. The number of benzene rings is 2. The van der Waals surface area contributed by atoms with Gasteiger partial charge in [-0.1, -0.05) is 19.9 Å². The molecule has 2 aliphatic heterocycles. The SMILES string of the molecule is COc1cc2c(cc1OC)[C@H]1C(=O)c3ccc4c(c3O[C@@H]1CO2)Cc1cc(C(C)C)oc1C4. The van der Waals surface area contributed by atoms with Gasteiger partial charge >= 0.3 is 0 Å². The Labute approximate surface area is 192 Å². The van der Waals surface area contributed by atoms with Crippen molar-refractivity contribution in [3.8, 4) is 23.0 Å². The Morgan fingerprint density at radius 3 is 2.55 bits per heavy atom. The molecule has 6 rings (SSSR count). The number of ketones is 1. The fourth-order valence-corrected chi connectivity index (χ4v) is 5.24. The van der Waals surface area contributed by atoms with E-state index in [0.29, 0.717) is 53.9 Å². The standard InChI is InChI=1S/C27H26O6/c1-13(2)19-9-15-7-17-14(8-20(15)32-19)5-6-16-26(28)25-18-10-22(29-3)23(30-4)11-21(18)31-12-24(25)33-27(16)17/h5-6,9-11,13,24-25H,7-8,12H2,1-4H3/t24-,25-/m1/s1. The van der Waals surface area contributed by atoms with Crippen molar-refractivity contribution in [2.45, 2.75) is 44.6 Å². The summed E-state index contributed by atoms with van der Waals surface area (Å²) < 4.78 is 29.5. The number of hydrogen-bond acceptors (Lipinski definition) is 6. The molecule has 1 aromatic heterocycles. The number of carbonyl (C=O) groups excluding carboxylic acids is 1. The first-order chi connectivity index (χ1) is 16.0. The molecule has 0 fully saturated rings. The normalized spacial score (nSPS) is 20.0. The summed E-state index contributed by atoms with van der Waals surface area (Å²) in [7, 11) is 3.17. The minimum Gasteiger partial charge on any atom is -0.493 e. The highest BCUT2D eigenvalue weighted by Crippen LogP contribution is 2.48. The Kier molecular flexibility index (Phi) is 4.47. The fraction of sp³-hybridized carbons (Fsp3) is 0.370. The molecule has 0 bridgehead atoms. The molecule has 6 nitrogen and oxygen atoms in total. The molecule has 3 aromatic rings. The van der Waals surface area contributed by atoms with Gasteiger partial charge in [-0.25, -0.2) is 0 Å². The molecule has 2 atom stereocenters. The van der Waals surface area contributed by atoms with Crippen molar-refractivity contribution in [3.63, 3.8) is 0 Å². The van der Waals surface area contributed by atoms with Crippen LogP contribution in [0.2, 0.25) is 0 Å². The molecule has 3 aliphatic rings. The monoisotopic (exact) mass is 446 g/mol. The van der Waals surface area contributed by atoms with E-state index in [4.69, 9.17) is 23.4 Å². The summed E-state index contributed by atoms with van der Waals surface area (Å²) in [5, 5.41) is 0. The molecule has 0 spiro atoms. The predicted molar refractivity (Wildman–Crippen MR) is 121 cm³/mol. The van der Waals surface area contributed by atoms with Crippen molar-refractivity contribution < 1.29 is 28.2 Å². The molecular formula is C27H26O6. The topological polar surface area (TPSA) is 67.1 Å². The number of furan rings is 1. The molecule has 0 saturated carbocycles. The van der Waals surface area contributed by atoms with Crippen LogP contribution in [0.1, 0.15) is 69.8 Å². The highest BCUT2D eigenvalue weighted by atomic mass is 16.5. The lowest BCUT2D eigenvalue weighted by Gasteiger charge is -2.38. The van der Waals surface area contributed by atoms with Crippen LogP contribution >= 0.6 is 0 Å². The summed E-state index contributed by atoms with van der Waals surface area (Å²) >= 11 is 0. The molecular weight excluding hydrogens is 420 g/mol. The maximum atomic E-state index is 13.8. The quantitative estimate of drug-likeness (QED) is 0.440. The number of rotatable bonds is 3. The van der Waals surface area contributed by atoms with Crippen LogP contribution in [0, 0.1) is 0 Å². The number of ether oxygens (including phenoxy) is 4. The van der Waals surface area contributed by atoms with Gasteiger partial charge in [-0.05, 0) is 29.3 Å². The lowest BCUT2D eigenvalue weighted by Crippen LogP contribution is -2.43. The van der Waals surface area contributed by atoms with Crippen LogP contribution in [0.15, 0.2) is 34.7 Å². The van der Waals surface area contributed by atoms with Crippen LogP contribution in [0.4, 0.5) is 0 Å². The third kappa shape index (κ3) is 2.96. The molecule has 0 unspecified atom stereocenters. The maximum Gasteiger partial charge on any atom is 0.178 e. The summed E-state index contributed by atoms with van der Waals surface area (Å²) in [5.41, 5.74) is 4.83. The largest absolute Gasteiger partial charge is 0.493 e. The molecule has 0 radical (unpaired) electrons. The van der Waals surface area contributed by atoms with Gasteiger partial charge in [-0.15, -0.1) is 0 Å². The van der Waals surface area contributed by atoms with Gasteiger partial charge in [0, 0.05) is 36.0 Å². The van der Waals surface area contributed by atoms with Gasteiger partial charge in [-0.2, -0.15) is 0 Å². The van der Waals surface area contributed by atoms with Crippen molar-refractivity contribution in [2.75, 3.05) is 20.8 Å². The number of hydrogen-bond donors (Lipinski definition) is 0. The third-order valence-electron chi connectivity index (χ3n) is 7.00. The van der Waals surface area contributed by atoms with Gasteiger partial charge in [0.15, 0.2) is 17.3 Å². The van der Waals surface area contributed by atoms with Gasteiger partial charge in [-0.3, -0.25) is 4.79 Å². The summed E-state index contributed by atoms with van der Waals surface area (Å²) in [6, 6.07) is 9.72. The molecule has 33 heavy (non-hydrogen) atoms. The first-order valence-corrected chi connectivity index (χ1v) is 11.3. The van der Waals surface area contributed by atoms with Crippen LogP contribution in [-0.2, 0) is 12.8 Å². The van der Waals surface area contributed by atoms with Gasteiger partial charge in [0.2, 0.25) is 0 Å².